The molecule has 16 heavy (non-hydrogen) atoms. The second kappa shape index (κ2) is 5.58. The number of hydrogen-bond donors (Lipinski definition) is 2. The average molecular weight is 350 g/mol. The SMILES string of the molecule is OCC(NCC1CC1)c1ncc(Br)cc1Br. The number of nitrogens with one attached hydrogen (secondary N) is 1. The van der Waals surface area contributed by atoms with Crippen molar-refractivity contribution in [3.05, 3.63) is 26.9 Å². The highest BCUT2D eigenvalue weighted by atomic mass is 79.9. The Morgan fingerprint density at radius 3 is 2.81 bits per heavy atom. The van der Waals surface area contributed by atoms with Gasteiger partial charge in [-0.25, -0.2) is 0 Å². The van der Waals surface area contributed by atoms with E-state index in [0.29, 0.717) is 0 Å². The van der Waals surface area contributed by atoms with Crippen molar-refractivity contribution in [1.82, 2.24) is 10.3 Å². The average Bonchev–Trinajstić information content (AvgIpc) is 3.05. The van der Waals surface area contributed by atoms with E-state index in [9.17, 15) is 5.11 Å². The van der Waals surface area contributed by atoms with Crippen LogP contribution < -0.4 is 5.32 Å². The highest BCUT2D eigenvalue weighted by Gasteiger charge is 2.23. The van der Waals surface area contributed by atoms with Gasteiger partial charge < -0.3 is 10.4 Å². The molecule has 0 spiro atoms. The Balaban J connectivity index is 2.05. The van der Waals surface area contributed by atoms with Crippen LogP contribution in [-0.4, -0.2) is 23.2 Å². The third-order valence-corrected chi connectivity index (χ3v) is 3.77. The Morgan fingerprint density at radius 1 is 1.50 bits per heavy atom. The van der Waals surface area contributed by atoms with Crippen LogP contribution in [0.5, 0.6) is 0 Å². The number of halogens is 2. The van der Waals surface area contributed by atoms with E-state index in [1.165, 1.54) is 12.8 Å². The predicted molar refractivity (Wildman–Crippen MR) is 70.2 cm³/mol. The van der Waals surface area contributed by atoms with E-state index < -0.39 is 0 Å². The molecule has 1 aliphatic rings. The Hall–Kier alpha value is 0.0300. The van der Waals surface area contributed by atoms with Gasteiger partial charge in [0.1, 0.15) is 0 Å². The molecule has 0 aliphatic heterocycles. The quantitative estimate of drug-likeness (QED) is 0.858. The Labute approximate surface area is 112 Å². The van der Waals surface area contributed by atoms with Crippen molar-refractivity contribution in [1.29, 1.82) is 0 Å². The summed E-state index contributed by atoms with van der Waals surface area (Å²) in [7, 11) is 0. The summed E-state index contributed by atoms with van der Waals surface area (Å²) >= 11 is 6.83. The van der Waals surface area contributed by atoms with Crippen LogP contribution in [0.25, 0.3) is 0 Å². The van der Waals surface area contributed by atoms with Gasteiger partial charge >= 0.3 is 0 Å². The zero-order valence-corrected chi connectivity index (χ0v) is 12.0. The molecular weight excluding hydrogens is 336 g/mol. The summed E-state index contributed by atoms with van der Waals surface area (Å²) in [5.74, 6) is 0.795. The normalized spacial score (nSPS) is 17.4. The molecule has 2 N–H and O–H groups in total. The van der Waals surface area contributed by atoms with Crippen LogP contribution in [0.4, 0.5) is 0 Å². The second-order valence-corrected chi connectivity index (χ2v) is 5.88. The number of aliphatic hydroxyl groups excluding tert-OH is 1. The van der Waals surface area contributed by atoms with Gasteiger partial charge in [0.25, 0.3) is 0 Å². The van der Waals surface area contributed by atoms with Gasteiger partial charge in [0.05, 0.1) is 18.3 Å². The van der Waals surface area contributed by atoms with Crippen molar-refractivity contribution in [3.63, 3.8) is 0 Å². The van der Waals surface area contributed by atoms with Crippen LogP contribution in [0, 0.1) is 5.92 Å². The van der Waals surface area contributed by atoms with Gasteiger partial charge in [-0.05, 0) is 63.2 Å². The third-order valence-electron chi connectivity index (χ3n) is 2.70. The molecule has 0 bridgehead atoms. The number of nitrogens with zero attached hydrogens (tertiary/aromatic N) is 1. The first kappa shape index (κ1) is 12.5. The standard InChI is InChI=1S/C11H14Br2N2O/c12-8-3-9(13)11(15-5-8)10(6-16)14-4-7-1-2-7/h3,5,7,10,14,16H,1-2,4,6H2. The summed E-state index contributed by atoms with van der Waals surface area (Å²) in [5, 5.41) is 12.7. The Morgan fingerprint density at radius 2 is 2.25 bits per heavy atom. The van der Waals surface area contributed by atoms with Crippen LogP contribution in [0.1, 0.15) is 24.6 Å². The first-order valence-corrected chi connectivity index (χ1v) is 6.94. The molecule has 1 aromatic heterocycles. The minimum absolute atomic E-state index is 0.0694. The summed E-state index contributed by atoms with van der Waals surface area (Å²) < 4.78 is 1.85. The molecule has 88 valence electrons. The van der Waals surface area contributed by atoms with Gasteiger partial charge in [-0.15, -0.1) is 0 Å². The monoisotopic (exact) mass is 348 g/mol. The van der Waals surface area contributed by atoms with Gasteiger partial charge in [-0.2, -0.15) is 0 Å². The summed E-state index contributed by atoms with van der Waals surface area (Å²) in [4.78, 5) is 4.33. The van der Waals surface area contributed by atoms with Gasteiger partial charge in [0, 0.05) is 15.1 Å². The van der Waals surface area contributed by atoms with E-state index >= 15 is 0 Å². The molecule has 0 radical (unpaired) electrons. The van der Waals surface area contributed by atoms with Crippen molar-refractivity contribution in [2.75, 3.05) is 13.2 Å². The summed E-state index contributed by atoms with van der Waals surface area (Å²) in [6.07, 6.45) is 4.36. The number of hydrogen-bond acceptors (Lipinski definition) is 3. The summed E-state index contributed by atoms with van der Waals surface area (Å²) in [5.41, 5.74) is 0.867. The maximum Gasteiger partial charge on any atom is 0.0741 e. The fraction of sp³-hybridized carbons (Fsp3) is 0.545. The third kappa shape index (κ3) is 3.26. The Bertz CT molecular complexity index is 369. The molecule has 0 amide bonds. The van der Waals surface area contributed by atoms with E-state index in [1.54, 1.807) is 6.20 Å². The van der Waals surface area contributed by atoms with E-state index in [2.05, 4.69) is 42.2 Å². The molecule has 0 aromatic carbocycles. The van der Waals surface area contributed by atoms with Gasteiger partial charge in [0.15, 0.2) is 0 Å². The van der Waals surface area contributed by atoms with Gasteiger partial charge in [-0.3, -0.25) is 4.98 Å². The number of rotatable bonds is 5. The molecule has 5 heteroatoms. The largest absolute Gasteiger partial charge is 0.394 e. The fourth-order valence-corrected chi connectivity index (χ4v) is 2.82. The van der Waals surface area contributed by atoms with Gasteiger partial charge in [0.2, 0.25) is 0 Å². The maximum absolute atomic E-state index is 9.37. The van der Waals surface area contributed by atoms with Crippen molar-refractivity contribution in [2.45, 2.75) is 18.9 Å². The highest BCUT2D eigenvalue weighted by Crippen LogP contribution is 2.29. The first-order chi connectivity index (χ1) is 7.70. The smallest absolute Gasteiger partial charge is 0.0741 e. The molecule has 3 nitrogen and oxygen atoms in total. The second-order valence-electron chi connectivity index (χ2n) is 4.11. The molecule has 1 heterocycles. The fourth-order valence-electron chi connectivity index (χ4n) is 1.56. The zero-order valence-electron chi connectivity index (χ0n) is 8.79. The van der Waals surface area contributed by atoms with Crippen LogP contribution in [-0.2, 0) is 0 Å². The molecule has 1 aliphatic carbocycles. The maximum atomic E-state index is 9.37. The van der Waals surface area contributed by atoms with Crippen LogP contribution in [0.2, 0.25) is 0 Å². The van der Waals surface area contributed by atoms with Crippen molar-refractivity contribution < 1.29 is 5.11 Å². The van der Waals surface area contributed by atoms with E-state index in [0.717, 1.165) is 27.1 Å². The topological polar surface area (TPSA) is 45.1 Å². The van der Waals surface area contributed by atoms with Crippen molar-refractivity contribution in [2.24, 2.45) is 5.92 Å². The molecule has 2 rings (SSSR count). The molecule has 1 fully saturated rings. The molecular formula is C11H14Br2N2O. The lowest BCUT2D eigenvalue weighted by atomic mass is 10.2. The lowest BCUT2D eigenvalue weighted by Gasteiger charge is -2.17. The Kier molecular flexibility index (Phi) is 4.35. The number of pyridine rings is 1. The molecule has 1 unspecified atom stereocenters. The van der Waals surface area contributed by atoms with Gasteiger partial charge in [-0.1, -0.05) is 0 Å². The van der Waals surface area contributed by atoms with Crippen LogP contribution in [0.15, 0.2) is 21.2 Å². The van der Waals surface area contributed by atoms with Crippen LogP contribution >= 0.6 is 31.9 Å². The van der Waals surface area contributed by atoms with Crippen molar-refractivity contribution in [3.8, 4) is 0 Å². The van der Waals surface area contributed by atoms with E-state index in [1.807, 2.05) is 6.07 Å². The minimum atomic E-state index is -0.0805. The molecule has 1 saturated carbocycles. The van der Waals surface area contributed by atoms with Crippen LogP contribution in [0.3, 0.4) is 0 Å². The lowest BCUT2D eigenvalue weighted by molar-refractivity contribution is 0.240. The lowest BCUT2D eigenvalue weighted by Crippen LogP contribution is -2.27. The van der Waals surface area contributed by atoms with E-state index in [-0.39, 0.29) is 12.6 Å². The summed E-state index contributed by atoms with van der Waals surface area (Å²) in [6.45, 7) is 1.04. The van der Waals surface area contributed by atoms with Crippen molar-refractivity contribution >= 4 is 31.9 Å². The molecule has 0 saturated heterocycles. The van der Waals surface area contributed by atoms with E-state index in [4.69, 9.17) is 0 Å². The highest BCUT2D eigenvalue weighted by molar-refractivity contribution is 9.11. The minimum Gasteiger partial charge on any atom is -0.394 e. The number of aliphatic hydroxyl groups is 1. The number of aromatic nitrogens is 1. The summed E-state index contributed by atoms with van der Waals surface area (Å²) in [6, 6.07) is 1.87. The zero-order chi connectivity index (χ0) is 11.5. The predicted octanol–water partition coefficient (Wildman–Crippen LogP) is 2.64. The molecule has 1 aromatic rings. The molecule has 1 atom stereocenters. The first-order valence-electron chi connectivity index (χ1n) is 5.36.